The molecule has 0 aliphatic rings. The first kappa shape index (κ1) is 16.0. The van der Waals surface area contributed by atoms with E-state index in [9.17, 15) is 21.4 Å². The molecule has 0 fully saturated rings. The van der Waals surface area contributed by atoms with E-state index in [0.29, 0.717) is 0 Å². The third kappa shape index (κ3) is 4.45. The second-order valence-electron chi connectivity index (χ2n) is 2.18. The minimum absolute atomic E-state index is 0.335. The Bertz CT molecular complexity index is 462. The Balaban J connectivity index is 5.06. The molecule has 16 heavy (non-hydrogen) atoms. The Labute approximate surface area is 92.6 Å². The molecule has 1 unspecified atom stereocenters. The average molecular weight is 298 g/mol. The third-order valence-corrected chi connectivity index (χ3v) is 6.42. The van der Waals surface area contributed by atoms with Crippen LogP contribution in [-0.2, 0) is 35.5 Å². The lowest BCUT2D eigenvalue weighted by atomic mass is 10.9. The van der Waals surface area contributed by atoms with Crippen molar-refractivity contribution in [3.05, 3.63) is 0 Å². The number of hydrogen-bond acceptors (Lipinski definition) is 8. The van der Waals surface area contributed by atoms with Gasteiger partial charge in [-0.2, -0.15) is 20.8 Å². The molecule has 0 heterocycles. The van der Waals surface area contributed by atoms with Gasteiger partial charge in [-0.25, -0.2) is 4.57 Å². The van der Waals surface area contributed by atoms with Crippen LogP contribution in [0.2, 0.25) is 0 Å². The lowest BCUT2D eigenvalue weighted by Gasteiger charge is -2.10. The second kappa shape index (κ2) is 5.54. The molecule has 12 heteroatoms. The van der Waals surface area contributed by atoms with Crippen molar-refractivity contribution in [1.82, 2.24) is 0 Å². The van der Waals surface area contributed by atoms with E-state index in [1.54, 1.807) is 0 Å². The van der Waals surface area contributed by atoms with Crippen LogP contribution in [0.5, 0.6) is 0 Å². The molecular formula is C4H11O9PS2. The van der Waals surface area contributed by atoms with Crippen molar-refractivity contribution in [2.24, 2.45) is 0 Å². The molecule has 1 N–H and O–H groups in total. The van der Waals surface area contributed by atoms with Crippen molar-refractivity contribution >= 4 is 26.1 Å². The van der Waals surface area contributed by atoms with Gasteiger partial charge in [0.2, 0.25) is 0 Å². The number of hydrogen-bond donors (Lipinski definition) is 1. The Morgan fingerprint density at radius 1 is 1.06 bits per heavy atom. The van der Waals surface area contributed by atoms with E-state index in [4.69, 9.17) is 4.89 Å². The first-order chi connectivity index (χ1) is 7.08. The van der Waals surface area contributed by atoms with Crippen molar-refractivity contribution in [1.29, 1.82) is 0 Å². The minimum atomic E-state index is -5.39. The van der Waals surface area contributed by atoms with E-state index in [1.807, 2.05) is 0 Å². The Hall–Kier alpha value is -0.0300. The van der Waals surface area contributed by atoms with Gasteiger partial charge in [0, 0.05) is 0 Å². The normalized spacial score (nSPS) is 16.9. The molecule has 0 aromatic carbocycles. The summed E-state index contributed by atoms with van der Waals surface area (Å²) in [6.45, 7) is 1.71. The predicted octanol–water partition coefficient (Wildman–Crippen LogP) is -0.249. The molecular weight excluding hydrogens is 287 g/mol. The van der Waals surface area contributed by atoms with Gasteiger partial charge in [-0.05, 0) is 13.8 Å². The van der Waals surface area contributed by atoms with Crippen molar-refractivity contribution in [3.8, 4) is 0 Å². The largest absolute Gasteiger partial charge is 0.487 e. The summed E-state index contributed by atoms with van der Waals surface area (Å²) in [6, 6.07) is 0. The highest BCUT2D eigenvalue weighted by Crippen LogP contribution is 2.45. The highest BCUT2D eigenvalue weighted by Gasteiger charge is 2.40. The summed E-state index contributed by atoms with van der Waals surface area (Å²) in [5, 5.41) is 0. The summed E-state index contributed by atoms with van der Waals surface area (Å²) in [7, 11) is -15.5. The van der Waals surface area contributed by atoms with Gasteiger partial charge in [-0.15, -0.1) is 0 Å². The Morgan fingerprint density at radius 2 is 1.56 bits per heavy atom. The topological polar surface area (TPSA) is 133 Å². The van der Waals surface area contributed by atoms with Gasteiger partial charge in [0.05, 0.1) is 13.2 Å². The highest BCUT2D eigenvalue weighted by molar-refractivity contribution is 8.63. The van der Waals surface area contributed by atoms with E-state index in [-0.39, 0.29) is 6.61 Å². The summed E-state index contributed by atoms with van der Waals surface area (Å²) in [4.78, 5) is 8.79. The van der Waals surface area contributed by atoms with Gasteiger partial charge in [-0.1, -0.05) is 0 Å². The average Bonchev–Trinajstić information content (AvgIpc) is 2.00. The molecule has 98 valence electrons. The first-order valence-corrected chi connectivity index (χ1v) is 8.73. The quantitative estimate of drug-likeness (QED) is 0.498. The van der Waals surface area contributed by atoms with Crippen molar-refractivity contribution in [2.45, 2.75) is 13.8 Å². The number of phosphoric acid groups is 1. The smallest absolute Gasteiger partial charge is 0.302 e. The minimum Gasteiger partial charge on any atom is -0.302 e. The van der Waals surface area contributed by atoms with Crippen LogP contribution >= 0.6 is 7.82 Å². The molecule has 0 aromatic heterocycles. The summed E-state index contributed by atoms with van der Waals surface area (Å²) >= 11 is 0. The SMILES string of the molecule is CCOP(=O)(O)OS(=O)(=O)S(=O)(=O)OCC. The zero-order valence-corrected chi connectivity index (χ0v) is 10.9. The molecule has 0 aromatic rings. The van der Waals surface area contributed by atoms with Crippen LogP contribution in [0, 0.1) is 0 Å². The molecule has 1 atom stereocenters. The second-order valence-corrected chi connectivity index (χ2v) is 8.29. The molecule has 0 rings (SSSR count). The molecule has 9 nitrogen and oxygen atoms in total. The van der Waals surface area contributed by atoms with Gasteiger partial charge in [0.15, 0.2) is 0 Å². The fraction of sp³-hybridized carbons (Fsp3) is 1.00. The lowest BCUT2D eigenvalue weighted by Crippen LogP contribution is -2.20. The maximum absolute atomic E-state index is 11.0. The molecule has 0 amide bonds. The van der Waals surface area contributed by atoms with Crippen LogP contribution in [0.3, 0.4) is 0 Å². The monoisotopic (exact) mass is 298 g/mol. The predicted molar refractivity (Wildman–Crippen MR) is 52.0 cm³/mol. The van der Waals surface area contributed by atoms with E-state index in [0.717, 1.165) is 0 Å². The Morgan fingerprint density at radius 3 is 1.94 bits per heavy atom. The summed E-state index contributed by atoms with van der Waals surface area (Å²) in [5.74, 6) is 0. The van der Waals surface area contributed by atoms with E-state index < -0.39 is 32.7 Å². The zero-order chi connectivity index (χ0) is 13.0. The van der Waals surface area contributed by atoms with Crippen LogP contribution in [0.4, 0.5) is 0 Å². The fourth-order valence-electron chi connectivity index (χ4n) is 0.541. The van der Waals surface area contributed by atoms with Gasteiger partial charge >= 0.3 is 26.1 Å². The van der Waals surface area contributed by atoms with E-state index in [2.05, 4.69) is 12.7 Å². The molecule has 0 saturated heterocycles. The van der Waals surface area contributed by atoms with E-state index in [1.165, 1.54) is 13.8 Å². The maximum Gasteiger partial charge on any atom is 0.487 e. The van der Waals surface area contributed by atoms with E-state index >= 15 is 0 Å². The highest BCUT2D eigenvalue weighted by atomic mass is 33.2. The third-order valence-electron chi connectivity index (χ3n) is 0.990. The number of phosphoric ester groups is 1. The van der Waals surface area contributed by atoms with Crippen LogP contribution in [-0.4, -0.2) is 34.9 Å². The summed E-state index contributed by atoms with van der Waals surface area (Å²) < 4.78 is 66.1. The molecule has 0 aliphatic carbocycles. The summed E-state index contributed by atoms with van der Waals surface area (Å²) in [5.41, 5.74) is 0. The first-order valence-electron chi connectivity index (χ1n) is 3.91. The maximum atomic E-state index is 11.0. The zero-order valence-electron chi connectivity index (χ0n) is 8.39. The number of rotatable bonds is 7. The van der Waals surface area contributed by atoms with Crippen molar-refractivity contribution in [2.75, 3.05) is 13.2 Å². The van der Waals surface area contributed by atoms with Crippen LogP contribution in [0.1, 0.15) is 13.8 Å². The summed E-state index contributed by atoms with van der Waals surface area (Å²) in [6.07, 6.45) is 0. The molecule has 0 saturated carbocycles. The molecule has 0 spiro atoms. The van der Waals surface area contributed by atoms with Gasteiger partial charge < -0.3 is 4.89 Å². The lowest BCUT2D eigenvalue weighted by molar-refractivity contribution is 0.216. The van der Waals surface area contributed by atoms with Gasteiger partial charge in [-0.3, -0.25) is 8.71 Å². The fourth-order valence-corrected chi connectivity index (χ4v) is 4.67. The van der Waals surface area contributed by atoms with Crippen LogP contribution in [0.25, 0.3) is 0 Å². The van der Waals surface area contributed by atoms with Crippen molar-refractivity contribution in [3.63, 3.8) is 0 Å². The molecule has 0 aliphatic heterocycles. The molecule has 0 bridgehead atoms. The van der Waals surface area contributed by atoms with Gasteiger partial charge in [0.1, 0.15) is 0 Å². The standard InChI is InChI=1S/C4H11O9PS2/c1-3-11-14(5,6)13-16(9,10)15(7,8)12-4-2/h3-4H2,1-2H3,(H,5,6). The molecule has 0 radical (unpaired) electrons. The van der Waals surface area contributed by atoms with Gasteiger partial charge in [0.25, 0.3) is 0 Å². The Kier molecular flexibility index (Phi) is 5.53. The van der Waals surface area contributed by atoms with Crippen LogP contribution < -0.4 is 0 Å². The van der Waals surface area contributed by atoms with Crippen molar-refractivity contribution < 1.29 is 39.0 Å². The van der Waals surface area contributed by atoms with Crippen LogP contribution in [0.15, 0.2) is 0 Å².